The zero-order valence-corrected chi connectivity index (χ0v) is 12.6. The zero-order chi connectivity index (χ0) is 13.3. The van der Waals surface area contributed by atoms with Crippen LogP contribution in [0.25, 0.3) is 0 Å². The minimum Gasteiger partial charge on any atom is -0.320 e. The molecule has 0 saturated carbocycles. The molecular weight excluding hydrogens is 286 g/mol. The summed E-state index contributed by atoms with van der Waals surface area (Å²) in [5, 5.41) is 0. The lowest BCUT2D eigenvalue weighted by molar-refractivity contribution is 0.849. The molecule has 1 unspecified atom stereocenters. The average Bonchev–Trinajstić information content (AvgIpc) is 2.35. The fourth-order valence-electron chi connectivity index (χ4n) is 2.22. The highest BCUT2D eigenvalue weighted by atomic mass is 79.9. The number of aryl methyl sites for hydroxylation is 2. The molecule has 2 heteroatoms. The monoisotopic (exact) mass is 303 g/mol. The van der Waals surface area contributed by atoms with Gasteiger partial charge < -0.3 is 5.73 Å². The quantitative estimate of drug-likeness (QED) is 0.873. The molecule has 94 valence electrons. The van der Waals surface area contributed by atoms with Gasteiger partial charge in [-0.1, -0.05) is 40.2 Å². The standard InChI is InChI=1S/C16H18BrN/c1-10-5-4-6-14(12(10)3)16(18)15-9-13(17)8-7-11(15)2/h4-9,16H,18H2,1-3H3. The van der Waals surface area contributed by atoms with Crippen molar-refractivity contribution in [3.63, 3.8) is 0 Å². The van der Waals surface area contributed by atoms with Crippen LogP contribution in [0.3, 0.4) is 0 Å². The predicted octanol–water partition coefficient (Wildman–Crippen LogP) is 4.42. The van der Waals surface area contributed by atoms with E-state index in [4.69, 9.17) is 5.73 Å². The van der Waals surface area contributed by atoms with Crippen molar-refractivity contribution in [2.24, 2.45) is 5.73 Å². The molecule has 0 bridgehead atoms. The summed E-state index contributed by atoms with van der Waals surface area (Å²) in [5.41, 5.74) is 12.6. The third kappa shape index (κ3) is 2.50. The second kappa shape index (κ2) is 5.25. The Morgan fingerprint density at radius 3 is 2.39 bits per heavy atom. The van der Waals surface area contributed by atoms with E-state index in [1.54, 1.807) is 0 Å². The SMILES string of the molecule is Cc1ccc(Br)cc1C(N)c1cccc(C)c1C. The number of halogens is 1. The van der Waals surface area contributed by atoms with Crippen molar-refractivity contribution in [1.29, 1.82) is 0 Å². The first-order valence-electron chi connectivity index (χ1n) is 6.08. The molecule has 0 amide bonds. The van der Waals surface area contributed by atoms with E-state index in [0.717, 1.165) is 4.47 Å². The largest absolute Gasteiger partial charge is 0.320 e. The molecule has 1 nitrogen and oxygen atoms in total. The number of hydrogen-bond acceptors (Lipinski definition) is 1. The maximum Gasteiger partial charge on any atom is 0.0557 e. The smallest absolute Gasteiger partial charge is 0.0557 e. The molecular formula is C16H18BrN. The maximum absolute atomic E-state index is 6.43. The van der Waals surface area contributed by atoms with Crippen LogP contribution in [0.15, 0.2) is 40.9 Å². The molecule has 0 radical (unpaired) electrons. The van der Waals surface area contributed by atoms with Crippen molar-refractivity contribution in [2.75, 3.05) is 0 Å². The van der Waals surface area contributed by atoms with Gasteiger partial charge in [0, 0.05) is 4.47 Å². The summed E-state index contributed by atoms with van der Waals surface area (Å²) >= 11 is 3.51. The summed E-state index contributed by atoms with van der Waals surface area (Å²) in [7, 11) is 0. The molecule has 18 heavy (non-hydrogen) atoms. The third-order valence-corrected chi connectivity index (χ3v) is 4.05. The van der Waals surface area contributed by atoms with Crippen molar-refractivity contribution in [1.82, 2.24) is 0 Å². The maximum atomic E-state index is 6.43. The van der Waals surface area contributed by atoms with E-state index in [1.165, 1.54) is 27.8 Å². The van der Waals surface area contributed by atoms with Gasteiger partial charge in [-0.25, -0.2) is 0 Å². The van der Waals surface area contributed by atoms with Crippen LogP contribution in [0.1, 0.15) is 33.9 Å². The van der Waals surface area contributed by atoms with Gasteiger partial charge in [-0.15, -0.1) is 0 Å². The molecule has 0 aliphatic carbocycles. The lowest BCUT2D eigenvalue weighted by atomic mass is 9.91. The first-order chi connectivity index (χ1) is 8.50. The minimum atomic E-state index is -0.0672. The fraction of sp³-hybridized carbons (Fsp3) is 0.250. The number of nitrogens with two attached hydrogens (primary N) is 1. The molecule has 0 aliphatic rings. The molecule has 2 N–H and O–H groups in total. The highest BCUT2D eigenvalue weighted by Crippen LogP contribution is 2.28. The van der Waals surface area contributed by atoms with Gasteiger partial charge in [0.15, 0.2) is 0 Å². The Morgan fingerprint density at radius 1 is 0.944 bits per heavy atom. The van der Waals surface area contributed by atoms with E-state index < -0.39 is 0 Å². The Morgan fingerprint density at radius 2 is 1.67 bits per heavy atom. The van der Waals surface area contributed by atoms with Crippen LogP contribution < -0.4 is 5.73 Å². The van der Waals surface area contributed by atoms with Gasteiger partial charge >= 0.3 is 0 Å². The Hall–Kier alpha value is -1.12. The highest BCUT2D eigenvalue weighted by molar-refractivity contribution is 9.10. The lowest BCUT2D eigenvalue weighted by Gasteiger charge is -2.19. The number of benzene rings is 2. The van der Waals surface area contributed by atoms with Gasteiger partial charge in [0.1, 0.15) is 0 Å². The number of hydrogen-bond donors (Lipinski definition) is 1. The average molecular weight is 304 g/mol. The van der Waals surface area contributed by atoms with Crippen molar-refractivity contribution in [2.45, 2.75) is 26.8 Å². The van der Waals surface area contributed by atoms with Gasteiger partial charge in [-0.05, 0) is 60.7 Å². The van der Waals surface area contributed by atoms with Gasteiger partial charge in [0.2, 0.25) is 0 Å². The van der Waals surface area contributed by atoms with Gasteiger partial charge in [-0.3, -0.25) is 0 Å². The van der Waals surface area contributed by atoms with E-state index in [9.17, 15) is 0 Å². The Bertz CT molecular complexity index is 573. The van der Waals surface area contributed by atoms with Gasteiger partial charge in [0.25, 0.3) is 0 Å². The highest BCUT2D eigenvalue weighted by Gasteiger charge is 2.14. The lowest BCUT2D eigenvalue weighted by Crippen LogP contribution is -2.15. The molecule has 0 heterocycles. The molecule has 0 spiro atoms. The van der Waals surface area contributed by atoms with Crippen LogP contribution in [-0.4, -0.2) is 0 Å². The first-order valence-corrected chi connectivity index (χ1v) is 6.87. The van der Waals surface area contributed by atoms with E-state index in [-0.39, 0.29) is 6.04 Å². The second-order valence-corrected chi connectivity index (χ2v) is 5.68. The summed E-state index contributed by atoms with van der Waals surface area (Å²) in [6.07, 6.45) is 0. The van der Waals surface area contributed by atoms with E-state index in [0.29, 0.717) is 0 Å². The van der Waals surface area contributed by atoms with Crippen molar-refractivity contribution >= 4 is 15.9 Å². The molecule has 0 saturated heterocycles. The summed E-state index contributed by atoms with van der Waals surface area (Å²) < 4.78 is 1.07. The summed E-state index contributed by atoms with van der Waals surface area (Å²) in [6.45, 7) is 6.37. The summed E-state index contributed by atoms with van der Waals surface area (Å²) in [5.74, 6) is 0. The van der Waals surface area contributed by atoms with Crippen molar-refractivity contribution in [3.05, 3.63) is 68.7 Å². The summed E-state index contributed by atoms with van der Waals surface area (Å²) in [6, 6.07) is 12.5. The van der Waals surface area contributed by atoms with Gasteiger partial charge in [0.05, 0.1) is 6.04 Å². The predicted molar refractivity (Wildman–Crippen MR) is 80.8 cm³/mol. The fourth-order valence-corrected chi connectivity index (χ4v) is 2.60. The van der Waals surface area contributed by atoms with E-state index in [2.05, 4.69) is 73.1 Å². The molecule has 0 aromatic heterocycles. The zero-order valence-electron chi connectivity index (χ0n) is 11.0. The molecule has 0 fully saturated rings. The van der Waals surface area contributed by atoms with Gasteiger partial charge in [-0.2, -0.15) is 0 Å². The molecule has 2 rings (SSSR count). The summed E-state index contributed by atoms with van der Waals surface area (Å²) in [4.78, 5) is 0. The second-order valence-electron chi connectivity index (χ2n) is 4.77. The third-order valence-electron chi connectivity index (χ3n) is 3.56. The van der Waals surface area contributed by atoms with Crippen LogP contribution in [0.5, 0.6) is 0 Å². The van der Waals surface area contributed by atoms with Crippen LogP contribution in [0, 0.1) is 20.8 Å². The normalized spacial score (nSPS) is 12.5. The topological polar surface area (TPSA) is 26.0 Å². The minimum absolute atomic E-state index is 0.0672. The number of rotatable bonds is 2. The molecule has 1 atom stereocenters. The van der Waals surface area contributed by atoms with E-state index in [1.807, 2.05) is 0 Å². The van der Waals surface area contributed by atoms with Crippen LogP contribution in [0.2, 0.25) is 0 Å². The molecule has 2 aromatic carbocycles. The van der Waals surface area contributed by atoms with Crippen LogP contribution in [-0.2, 0) is 0 Å². The molecule has 2 aromatic rings. The first kappa shape index (κ1) is 13.3. The molecule has 0 aliphatic heterocycles. The van der Waals surface area contributed by atoms with Crippen molar-refractivity contribution < 1.29 is 0 Å². The Labute approximate surface area is 117 Å². The van der Waals surface area contributed by atoms with Crippen molar-refractivity contribution in [3.8, 4) is 0 Å². The van der Waals surface area contributed by atoms with Crippen LogP contribution >= 0.6 is 15.9 Å². The van der Waals surface area contributed by atoms with Crippen LogP contribution in [0.4, 0.5) is 0 Å². The Kier molecular flexibility index (Phi) is 3.88. The van der Waals surface area contributed by atoms with E-state index >= 15 is 0 Å². The Balaban J connectivity index is 2.51.